The van der Waals surface area contributed by atoms with Crippen LogP contribution in [0.3, 0.4) is 0 Å². The Labute approximate surface area is 185 Å². The highest BCUT2D eigenvalue weighted by Gasteiger charge is 2.38. The van der Waals surface area contributed by atoms with E-state index >= 15 is 0 Å². The molecule has 0 heterocycles. The maximum absolute atomic E-state index is 6.08. The van der Waals surface area contributed by atoms with Gasteiger partial charge in [-0.2, -0.15) is 0 Å². The fourth-order valence-corrected chi connectivity index (χ4v) is 7.36. The molecule has 3 saturated carbocycles. The topological polar surface area (TPSA) is 0 Å². The van der Waals surface area contributed by atoms with Crippen LogP contribution in [0.15, 0.2) is 24.3 Å². The number of hydrogen-bond acceptors (Lipinski definition) is 0. The van der Waals surface area contributed by atoms with Crippen molar-refractivity contribution in [3.05, 3.63) is 34.9 Å². The normalized spacial score (nSPS) is 35.2. The first-order chi connectivity index (χ1) is 14.2. The molecule has 0 nitrogen and oxygen atoms in total. The Morgan fingerprint density at radius 2 is 1.31 bits per heavy atom. The van der Waals surface area contributed by atoms with Crippen molar-refractivity contribution >= 4 is 11.6 Å². The van der Waals surface area contributed by atoms with E-state index in [2.05, 4.69) is 31.2 Å². The summed E-state index contributed by atoms with van der Waals surface area (Å²) in [6.45, 7) is 2.33. The van der Waals surface area contributed by atoms with Gasteiger partial charge in [-0.1, -0.05) is 69.2 Å². The van der Waals surface area contributed by atoms with Crippen molar-refractivity contribution in [3.8, 4) is 0 Å². The van der Waals surface area contributed by atoms with Crippen LogP contribution in [-0.4, -0.2) is 0 Å². The Morgan fingerprint density at radius 3 is 2.03 bits per heavy atom. The zero-order valence-electron chi connectivity index (χ0n) is 18.8. The average molecular weight is 415 g/mol. The van der Waals surface area contributed by atoms with Gasteiger partial charge < -0.3 is 0 Å². The van der Waals surface area contributed by atoms with E-state index in [4.69, 9.17) is 11.6 Å². The summed E-state index contributed by atoms with van der Waals surface area (Å²) in [5.41, 5.74) is 1.52. The van der Waals surface area contributed by atoms with Crippen LogP contribution < -0.4 is 0 Å². The van der Waals surface area contributed by atoms with Gasteiger partial charge >= 0.3 is 0 Å². The minimum absolute atomic E-state index is 0.781. The van der Waals surface area contributed by atoms with Gasteiger partial charge in [-0.15, -0.1) is 0 Å². The molecular weight excluding hydrogens is 372 g/mol. The van der Waals surface area contributed by atoms with Crippen LogP contribution >= 0.6 is 11.6 Å². The molecule has 1 heteroatoms. The van der Waals surface area contributed by atoms with Gasteiger partial charge in [0.05, 0.1) is 0 Å². The van der Waals surface area contributed by atoms with Crippen LogP contribution in [0.25, 0.3) is 0 Å². The van der Waals surface area contributed by atoms with Crippen molar-refractivity contribution < 1.29 is 0 Å². The number of fused-ring (bicyclic) bond motifs is 1. The van der Waals surface area contributed by atoms with Crippen molar-refractivity contribution in [2.75, 3.05) is 0 Å². The second-order valence-electron chi connectivity index (χ2n) is 10.8. The van der Waals surface area contributed by atoms with Crippen molar-refractivity contribution in [2.24, 2.45) is 29.6 Å². The van der Waals surface area contributed by atoms with E-state index in [1.165, 1.54) is 63.4 Å². The first-order valence-corrected chi connectivity index (χ1v) is 13.4. The molecule has 4 rings (SSSR count). The fourth-order valence-electron chi connectivity index (χ4n) is 7.23. The summed E-state index contributed by atoms with van der Waals surface area (Å²) in [4.78, 5) is 0. The van der Waals surface area contributed by atoms with Gasteiger partial charge in [0.1, 0.15) is 0 Å². The summed E-state index contributed by atoms with van der Waals surface area (Å²) in [7, 11) is 0. The maximum Gasteiger partial charge on any atom is 0.0406 e. The zero-order chi connectivity index (χ0) is 20.1. The molecule has 0 bridgehead atoms. The van der Waals surface area contributed by atoms with Gasteiger partial charge in [0.15, 0.2) is 0 Å². The smallest absolute Gasteiger partial charge is 0.0406 e. The van der Waals surface area contributed by atoms with E-state index in [1.807, 2.05) is 0 Å². The van der Waals surface area contributed by atoms with Crippen molar-refractivity contribution in [1.29, 1.82) is 0 Å². The molecule has 3 fully saturated rings. The molecule has 1 aromatic rings. The lowest BCUT2D eigenvalue weighted by atomic mass is 9.60. The molecule has 1 aromatic carbocycles. The molecule has 0 spiro atoms. The van der Waals surface area contributed by atoms with E-state index in [0.29, 0.717) is 0 Å². The Kier molecular flexibility index (Phi) is 8.02. The number of benzene rings is 1. The molecule has 0 aromatic heterocycles. The van der Waals surface area contributed by atoms with E-state index in [-0.39, 0.29) is 0 Å². The van der Waals surface area contributed by atoms with Gasteiger partial charge in [0.25, 0.3) is 0 Å². The highest BCUT2D eigenvalue weighted by atomic mass is 35.5. The lowest BCUT2D eigenvalue weighted by molar-refractivity contribution is 0.0613. The van der Waals surface area contributed by atoms with E-state index < -0.39 is 0 Å². The second-order valence-corrected chi connectivity index (χ2v) is 11.2. The van der Waals surface area contributed by atoms with Crippen LogP contribution in [0.4, 0.5) is 0 Å². The minimum Gasteiger partial charge on any atom is -0.0843 e. The number of rotatable bonds is 7. The molecule has 29 heavy (non-hydrogen) atoms. The quantitative estimate of drug-likeness (QED) is 0.389. The molecule has 3 aliphatic rings. The molecule has 4 unspecified atom stereocenters. The molecule has 3 aliphatic carbocycles. The first-order valence-electron chi connectivity index (χ1n) is 13.0. The van der Waals surface area contributed by atoms with Crippen molar-refractivity contribution in [2.45, 2.75) is 109 Å². The number of unbranched alkanes of at least 4 members (excludes halogenated alkanes) is 3. The predicted octanol–water partition coefficient (Wildman–Crippen LogP) is 9.42. The lowest BCUT2D eigenvalue weighted by Gasteiger charge is -2.45. The molecule has 0 aliphatic heterocycles. The van der Waals surface area contributed by atoms with Gasteiger partial charge in [0.2, 0.25) is 0 Å². The first kappa shape index (κ1) is 21.7. The summed E-state index contributed by atoms with van der Waals surface area (Å²) >= 11 is 6.08. The van der Waals surface area contributed by atoms with Crippen LogP contribution in [0.1, 0.15) is 115 Å². The Hall–Kier alpha value is -0.490. The van der Waals surface area contributed by atoms with Crippen LogP contribution in [0, 0.1) is 29.6 Å². The SMILES string of the molecule is CCCCCCC1CCC2CC(C3CCC(c4ccc(Cl)cc4)CC3)CCC2C1. The second kappa shape index (κ2) is 10.7. The van der Waals surface area contributed by atoms with Gasteiger partial charge in [-0.3, -0.25) is 0 Å². The monoisotopic (exact) mass is 414 g/mol. The van der Waals surface area contributed by atoms with E-state index in [0.717, 1.165) is 40.5 Å². The molecule has 0 N–H and O–H groups in total. The van der Waals surface area contributed by atoms with Gasteiger partial charge in [0, 0.05) is 5.02 Å². The zero-order valence-corrected chi connectivity index (χ0v) is 19.5. The largest absolute Gasteiger partial charge is 0.0843 e. The summed E-state index contributed by atoms with van der Waals surface area (Å²) in [6.07, 6.45) is 22.4. The number of hydrogen-bond donors (Lipinski definition) is 0. The predicted molar refractivity (Wildman–Crippen MR) is 127 cm³/mol. The molecule has 0 radical (unpaired) electrons. The Morgan fingerprint density at radius 1 is 0.690 bits per heavy atom. The number of halogens is 1. The summed E-state index contributed by atoms with van der Waals surface area (Å²) in [5, 5.41) is 0.870. The summed E-state index contributed by atoms with van der Waals surface area (Å²) in [5.74, 6) is 6.08. The van der Waals surface area contributed by atoms with Crippen molar-refractivity contribution in [1.82, 2.24) is 0 Å². The lowest BCUT2D eigenvalue weighted by Crippen LogP contribution is -2.34. The maximum atomic E-state index is 6.08. The molecular formula is C28H43Cl. The molecule has 0 saturated heterocycles. The highest BCUT2D eigenvalue weighted by molar-refractivity contribution is 6.30. The van der Waals surface area contributed by atoms with E-state index in [1.54, 1.807) is 38.5 Å². The van der Waals surface area contributed by atoms with Gasteiger partial charge in [-0.05, 0) is 111 Å². The summed E-state index contributed by atoms with van der Waals surface area (Å²) in [6, 6.07) is 8.67. The Bertz CT molecular complexity index is 597. The summed E-state index contributed by atoms with van der Waals surface area (Å²) < 4.78 is 0. The Balaban J connectivity index is 1.20. The fraction of sp³-hybridized carbons (Fsp3) is 0.786. The van der Waals surface area contributed by atoms with Crippen LogP contribution in [0.2, 0.25) is 5.02 Å². The van der Waals surface area contributed by atoms with E-state index in [9.17, 15) is 0 Å². The molecule has 162 valence electrons. The molecule has 4 atom stereocenters. The average Bonchev–Trinajstić information content (AvgIpc) is 2.77. The third-order valence-corrected chi connectivity index (χ3v) is 9.26. The van der Waals surface area contributed by atoms with Crippen LogP contribution in [0.5, 0.6) is 0 Å². The minimum atomic E-state index is 0.781. The van der Waals surface area contributed by atoms with Crippen LogP contribution in [-0.2, 0) is 0 Å². The van der Waals surface area contributed by atoms with Gasteiger partial charge in [-0.25, -0.2) is 0 Å². The third kappa shape index (κ3) is 5.81. The molecule has 0 amide bonds. The third-order valence-electron chi connectivity index (χ3n) is 9.01. The standard InChI is InChI=1S/C28H43Cl/c1-2-3-4-5-6-21-7-8-27-20-26(14-13-25(27)19-21)24-11-9-22(10-12-24)23-15-17-28(29)18-16-23/h15-18,21-22,24-27H,2-14,19-20H2,1H3. The van der Waals surface area contributed by atoms with Crippen molar-refractivity contribution in [3.63, 3.8) is 0 Å². The highest BCUT2D eigenvalue weighted by Crippen LogP contribution is 2.50.